The van der Waals surface area contributed by atoms with E-state index >= 15 is 0 Å². The lowest BCUT2D eigenvalue weighted by Gasteiger charge is -2.23. The summed E-state index contributed by atoms with van der Waals surface area (Å²) in [6.07, 6.45) is -2.15. The van der Waals surface area contributed by atoms with E-state index in [1.54, 1.807) is 0 Å². The Balaban J connectivity index is 1.49. The molecule has 4 rings (SSSR count). The smallest absolute Gasteiger partial charge is 0.336 e. The third kappa shape index (κ3) is 7.28. The minimum atomic E-state index is -4.24. The standard InChI is InChI=1S/C21H26N13O9P/c1-10-5-33(20(37)26-18(10)35)16-3-12(28-31-23)14(42-16)7-40-44(39,9-25-30-22)41-8-15-13(29-32-24)4-17(43-15)34-6-11(2)19(36)27-21(34)38/h5-6,12-17H,3-4,7-9H2,1-2H3,(H,26,35,37)(H,27,36,38)/t12-,13+,14+,15-,16+,17-,44?. The number of nitrogens with zero attached hydrogens (tertiary/aromatic N) is 11. The zero-order valence-corrected chi connectivity index (χ0v) is 24.1. The summed E-state index contributed by atoms with van der Waals surface area (Å²) in [7, 11) is -4.24. The summed E-state index contributed by atoms with van der Waals surface area (Å²) in [5.74, 6) is 0. The largest absolute Gasteiger partial charge is 0.352 e. The van der Waals surface area contributed by atoms with E-state index < -0.39 is 86.3 Å². The molecule has 0 spiro atoms. The van der Waals surface area contributed by atoms with Crippen LogP contribution in [-0.4, -0.2) is 62.9 Å². The van der Waals surface area contributed by atoms with Crippen LogP contribution in [0.5, 0.6) is 0 Å². The van der Waals surface area contributed by atoms with Gasteiger partial charge in [0.05, 0.1) is 37.5 Å². The molecule has 2 N–H and O–H groups in total. The Morgan fingerprint density at radius 3 is 1.66 bits per heavy atom. The molecule has 234 valence electrons. The maximum absolute atomic E-state index is 13.6. The Labute approximate surface area is 244 Å². The minimum Gasteiger partial charge on any atom is -0.352 e. The van der Waals surface area contributed by atoms with E-state index in [1.807, 2.05) is 0 Å². The summed E-state index contributed by atoms with van der Waals surface area (Å²) in [5, 5.41) is 10.6. The Bertz CT molecular complexity index is 1710. The first-order chi connectivity index (χ1) is 21.0. The topological polar surface area (TPSA) is 310 Å². The van der Waals surface area contributed by atoms with Crippen LogP contribution in [-0.2, 0) is 23.1 Å². The maximum atomic E-state index is 13.6. The van der Waals surface area contributed by atoms with Crippen LogP contribution in [0.3, 0.4) is 0 Å². The van der Waals surface area contributed by atoms with Gasteiger partial charge in [-0.25, -0.2) is 9.59 Å². The Morgan fingerprint density at radius 1 is 0.841 bits per heavy atom. The highest BCUT2D eigenvalue weighted by molar-refractivity contribution is 7.53. The molecule has 22 nitrogen and oxygen atoms in total. The van der Waals surface area contributed by atoms with E-state index in [0.717, 1.165) is 9.13 Å². The van der Waals surface area contributed by atoms with Gasteiger partial charge >= 0.3 is 19.0 Å². The minimum absolute atomic E-state index is 0.0136. The van der Waals surface area contributed by atoms with E-state index in [1.165, 1.54) is 26.2 Å². The van der Waals surface area contributed by atoms with Gasteiger partial charge in [-0.1, -0.05) is 15.3 Å². The molecule has 2 aliphatic heterocycles. The number of aromatic nitrogens is 4. The molecule has 2 fully saturated rings. The summed E-state index contributed by atoms with van der Waals surface area (Å²) in [6, 6.07) is -1.77. The number of hydrogen-bond donors (Lipinski definition) is 2. The summed E-state index contributed by atoms with van der Waals surface area (Å²) in [4.78, 5) is 60.6. The van der Waals surface area contributed by atoms with Crippen LogP contribution in [0, 0.1) is 13.8 Å². The third-order valence-corrected chi connectivity index (χ3v) is 8.45. The maximum Gasteiger partial charge on any atom is 0.336 e. The van der Waals surface area contributed by atoms with Crippen molar-refractivity contribution in [3.63, 3.8) is 0 Å². The number of nitrogens with one attached hydrogen (secondary N) is 2. The fraction of sp³-hybridized carbons (Fsp3) is 0.619. The first-order valence-electron chi connectivity index (χ1n) is 12.9. The van der Waals surface area contributed by atoms with E-state index in [9.17, 15) is 23.7 Å². The van der Waals surface area contributed by atoms with Gasteiger partial charge in [-0.05, 0) is 30.4 Å². The molecule has 2 saturated heterocycles. The van der Waals surface area contributed by atoms with Gasteiger partial charge in [0.1, 0.15) is 18.7 Å². The number of aromatic amines is 2. The van der Waals surface area contributed by atoms with E-state index in [4.69, 9.17) is 35.1 Å². The molecule has 0 bridgehead atoms. The highest BCUT2D eigenvalue weighted by atomic mass is 31.2. The molecule has 1 unspecified atom stereocenters. The molecular formula is C21H26N13O9P. The molecule has 0 aliphatic carbocycles. The summed E-state index contributed by atoms with van der Waals surface area (Å²) in [5.41, 5.74) is 24.7. The first-order valence-corrected chi connectivity index (χ1v) is 14.6. The lowest BCUT2D eigenvalue weighted by Crippen LogP contribution is -2.33. The van der Waals surface area contributed by atoms with Crippen LogP contribution < -0.4 is 22.5 Å². The number of rotatable bonds is 12. The Morgan fingerprint density at radius 2 is 1.27 bits per heavy atom. The molecule has 0 aromatic carbocycles. The zero-order chi connectivity index (χ0) is 32.0. The van der Waals surface area contributed by atoms with Crippen molar-refractivity contribution in [2.75, 3.05) is 19.5 Å². The van der Waals surface area contributed by atoms with Crippen LogP contribution in [0.15, 0.2) is 46.9 Å². The second-order valence-corrected chi connectivity index (χ2v) is 11.8. The molecular weight excluding hydrogens is 609 g/mol. The van der Waals surface area contributed by atoms with Crippen molar-refractivity contribution in [3.8, 4) is 0 Å². The molecule has 0 radical (unpaired) electrons. The highest BCUT2D eigenvalue weighted by Crippen LogP contribution is 2.50. The molecule has 2 aromatic rings. The van der Waals surface area contributed by atoms with Crippen molar-refractivity contribution in [1.82, 2.24) is 19.1 Å². The molecule has 0 saturated carbocycles. The van der Waals surface area contributed by atoms with Gasteiger partial charge in [0, 0.05) is 51.1 Å². The Kier molecular flexibility index (Phi) is 10.1. The van der Waals surface area contributed by atoms with Crippen molar-refractivity contribution < 1.29 is 23.1 Å². The average molecular weight is 635 g/mol. The van der Waals surface area contributed by atoms with Crippen molar-refractivity contribution in [2.24, 2.45) is 15.3 Å². The van der Waals surface area contributed by atoms with Crippen molar-refractivity contribution in [3.05, 3.63) is 96.5 Å². The van der Waals surface area contributed by atoms with Gasteiger partial charge in [-0.15, -0.1) is 0 Å². The second-order valence-electron chi connectivity index (χ2n) is 9.81. The SMILES string of the molecule is Cc1cn([C@@H]2C[C@@H](N=[N+]=[N-])[C@H](COP(=O)(CN=[N+]=[N-])OC[C@H]3O[C@@H](n4cc(C)c(=O)[nH]c4=O)C[C@@H]3N=[N+]=[N-])O2)c(=O)[nH]c1=O. The lowest BCUT2D eigenvalue weighted by molar-refractivity contribution is -0.0344. The van der Waals surface area contributed by atoms with E-state index in [0.29, 0.717) is 0 Å². The van der Waals surface area contributed by atoms with Gasteiger partial charge < -0.3 is 18.5 Å². The Hall–Kier alpha value is -4.64. The van der Waals surface area contributed by atoms with E-state index in [-0.39, 0.29) is 24.0 Å². The third-order valence-electron chi connectivity index (χ3n) is 6.89. The van der Waals surface area contributed by atoms with Crippen molar-refractivity contribution >= 4 is 7.60 Å². The number of hydrogen-bond acceptors (Lipinski definition) is 12. The monoisotopic (exact) mass is 635 g/mol. The zero-order valence-electron chi connectivity index (χ0n) is 23.2. The van der Waals surface area contributed by atoms with Gasteiger partial charge in [0.15, 0.2) is 0 Å². The quantitative estimate of drug-likeness (QED) is 0.149. The fourth-order valence-electron chi connectivity index (χ4n) is 4.65. The summed E-state index contributed by atoms with van der Waals surface area (Å²) < 4.78 is 38.5. The highest BCUT2D eigenvalue weighted by Gasteiger charge is 2.41. The van der Waals surface area contributed by atoms with E-state index in [2.05, 4.69) is 40.0 Å². The lowest BCUT2D eigenvalue weighted by atomic mass is 10.1. The van der Waals surface area contributed by atoms with Gasteiger partial charge in [0.25, 0.3) is 11.1 Å². The van der Waals surface area contributed by atoms with Crippen LogP contribution >= 0.6 is 7.60 Å². The van der Waals surface area contributed by atoms with Gasteiger partial charge in [-0.3, -0.25) is 33.3 Å². The van der Waals surface area contributed by atoms with Gasteiger partial charge in [0.2, 0.25) is 0 Å². The molecule has 2 aliphatic rings. The normalized spacial score (nSPS) is 25.8. The molecule has 4 heterocycles. The van der Waals surface area contributed by atoms with Gasteiger partial charge in [-0.2, -0.15) is 0 Å². The number of aryl methyl sites for hydroxylation is 2. The molecule has 44 heavy (non-hydrogen) atoms. The molecule has 7 atom stereocenters. The first kappa shape index (κ1) is 32.3. The van der Waals surface area contributed by atoms with Crippen LogP contribution in [0.2, 0.25) is 0 Å². The summed E-state index contributed by atoms with van der Waals surface area (Å²) >= 11 is 0. The predicted octanol–water partition coefficient (Wildman–Crippen LogP) is 2.13. The van der Waals surface area contributed by atoms with Crippen LogP contribution in [0.1, 0.15) is 36.4 Å². The predicted molar refractivity (Wildman–Crippen MR) is 149 cm³/mol. The number of azide groups is 3. The van der Waals surface area contributed by atoms with Crippen molar-refractivity contribution in [1.29, 1.82) is 0 Å². The van der Waals surface area contributed by atoms with Crippen LogP contribution in [0.25, 0.3) is 31.3 Å². The number of H-pyrrole nitrogens is 2. The van der Waals surface area contributed by atoms with Crippen molar-refractivity contribution in [2.45, 2.75) is 63.4 Å². The van der Waals surface area contributed by atoms with Crippen LogP contribution in [0.4, 0.5) is 0 Å². The average Bonchev–Trinajstić information content (AvgIpc) is 3.58. The summed E-state index contributed by atoms with van der Waals surface area (Å²) in [6.45, 7) is 1.99. The fourth-order valence-corrected chi connectivity index (χ4v) is 5.84. The molecule has 2 aromatic heterocycles. The molecule has 23 heteroatoms. The molecule has 0 amide bonds. The number of ether oxygens (including phenoxy) is 2. The second kappa shape index (κ2) is 13.8.